The van der Waals surface area contributed by atoms with Crippen LogP contribution >= 0.6 is 0 Å². The second kappa shape index (κ2) is 6.53. The summed E-state index contributed by atoms with van der Waals surface area (Å²) in [5.74, 6) is 0. The second-order valence-corrected chi connectivity index (χ2v) is 7.10. The maximum absolute atomic E-state index is 6.05. The maximum Gasteiger partial charge on any atom is 0.0303 e. The number of nitrogens with zero attached hydrogens (tertiary/aromatic N) is 1. The Morgan fingerprint density at radius 3 is 2.11 bits per heavy atom. The van der Waals surface area contributed by atoms with Gasteiger partial charge in [-0.25, -0.2) is 0 Å². The standard InChI is InChI=1S/C17H30N2/c1-16(2,3)14-19(5)17(4,13-18)12-11-15-9-7-6-8-10-15/h6-10H,11-14,18H2,1-5H3. The topological polar surface area (TPSA) is 29.3 Å². The zero-order valence-corrected chi connectivity index (χ0v) is 13.2. The van der Waals surface area contributed by atoms with Crippen LogP contribution in [0.4, 0.5) is 0 Å². The Hall–Kier alpha value is -0.860. The van der Waals surface area contributed by atoms with Gasteiger partial charge in [-0.1, -0.05) is 51.1 Å². The summed E-state index contributed by atoms with van der Waals surface area (Å²) in [6.07, 6.45) is 2.18. The van der Waals surface area contributed by atoms with Gasteiger partial charge in [0.25, 0.3) is 0 Å². The Kier molecular flexibility index (Phi) is 5.57. The summed E-state index contributed by atoms with van der Waals surface area (Å²) in [6, 6.07) is 10.7. The van der Waals surface area contributed by atoms with Crippen molar-refractivity contribution < 1.29 is 0 Å². The van der Waals surface area contributed by atoms with Gasteiger partial charge in [-0.15, -0.1) is 0 Å². The minimum absolute atomic E-state index is 0.0725. The first kappa shape index (κ1) is 16.2. The minimum Gasteiger partial charge on any atom is -0.329 e. The van der Waals surface area contributed by atoms with Gasteiger partial charge < -0.3 is 5.73 Å². The van der Waals surface area contributed by atoms with E-state index in [-0.39, 0.29) is 5.54 Å². The molecule has 0 aromatic heterocycles. The summed E-state index contributed by atoms with van der Waals surface area (Å²) in [6.45, 7) is 10.9. The van der Waals surface area contributed by atoms with E-state index in [1.54, 1.807) is 0 Å². The summed E-state index contributed by atoms with van der Waals surface area (Å²) >= 11 is 0. The van der Waals surface area contributed by atoms with Gasteiger partial charge in [-0.2, -0.15) is 0 Å². The van der Waals surface area contributed by atoms with Gasteiger partial charge in [0, 0.05) is 18.6 Å². The molecule has 1 rings (SSSR count). The van der Waals surface area contributed by atoms with Crippen LogP contribution in [0.2, 0.25) is 0 Å². The van der Waals surface area contributed by atoms with Crippen LogP contribution < -0.4 is 5.73 Å². The average Bonchev–Trinajstić information content (AvgIpc) is 2.35. The predicted molar refractivity (Wildman–Crippen MR) is 84.3 cm³/mol. The molecule has 0 saturated carbocycles. The Balaban J connectivity index is 2.64. The third kappa shape index (κ3) is 5.33. The van der Waals surface area contributed by atoms with Gasteiger partial charge in [-0.3, -0.25) is 4.90 Å². The lowest BCUT2D eigenvalue weighted by Crippen LogP contribution is -2.52. The van der Waals surface area contributed by atoms with E-state index >= 15 is 0 Å². The highest BCUT2D eigenvalue weighted by Gasteiger charge is 2.29. The zero-order chi connectivity index (χ0) is 14.5. The number of rotatable bonds is 6. The van der Waals surface area contributed by atoms with Crippen LogP contribution in [0.1, 0.15) is 39.7 Å². The Bertz CT molecular complexity index is 367. The maximum atomic E-state index is 6.05. The van der Waals surface area contributed by atoms with Crippen molar-refractivity contribution in [2.24, 2.45) is 11.1 Å². The highest BCUT2D eigenvalue weighted by Crippen LogP contribution is 2.24. The lowest BCUT2D eigenvalue weighted by atomic mass is 9.88. The lowest BCUT2D eigenvalue weighted by molar-refractivity contribution is 0.0932. The van der Waals surface area contributed by atoms with Crippen molar-refractivity contribution in [1.29, 1.82) is 0 Å². The first-order valence-electron chi connectivity index (χ1n) is 7.22. The van der Waals surface area contributed by atoms with E-state index < -0.39 is 0 Å². The molecule has 0 fully saturated rings. The van der Waals surface area contributed by atoms with Crippen molar-refractivity contribution in [3.8, 4) is 0 Å². The third-order valence-electron chi connectivity index (χ3n) is 3.87. The van der Waals surface area contributed by atoms with Crippen molar-refractivity contribution in [3.63, 3.8) is 0 Å². The smallest absolute Gasteiger partial charge is 0.0303 e. The molecule has 2 heteroatoms. The molecule has 2 N–H and O–H groups in total. The number of aryl methyl sites for hydroxylation is 1. The van der Waals surface area contributed by atoms with Gasteiger partial charge in [0.2, 0.25) is 0 Å². The fourth-order valence-corrected chi connectivity index (χ4v) is 2.41. The number of likely N-dealkylation sites (N-methyl/N-ethyl adjacent to an activating group) is 1. The quantitative estimate of drug-likeness (QED) is 0.852. The molecule has 1 unspecified atom stereocenters. The van der Waals surface area contributed by atoms with E-state index in [4.69, 9.17) is 5.73 Å². The molecule has 19 heavy (non-hydrogen) atoms. The normalized spacial score (nSPS) is 15.5. The molecule has 0 radical (unpaired) electrons. The summed E-state index contributed by atoms with van der Waals surface area (Å²) in [5.41, 5.74) is 7.82. The first-order valence-corrected chi connectivity index (χ1v) is 7.22. The molecule has 1 atom stereocenters. The fraction of sp³-hybridized carbons (Fsp3) is 0.647. The molecular formula is C17H30N2. The van der Waals surface area contributed by atoms with Gasteiger partial charge >= 0.3 is 0 Å². The van der Waals surface area contributed by atoms with Crippen molar-refractivity contribution in [2.45, 2.75) is 46.1 Å². The second-order valence-electron chi connectivity index (χ2n) is 7.10. The Morgan fingerprint density at radius 1 is 1.05 bits per heavy atom. The van der Waals surface area contributed by atoms with E-state index in [9.17, 15) is 0 Å². The molecule has 0 amide bonds. The SMILES string of the molecule is CN(CC(C)(C)C)C(C)(CN)CCc1ccccc1. The minimum atomic E-state index is 0.0725. The molecule has 1 aromatic rings. The van der Waals surface area contributed by atoms with Gasteiger partial charge in [-0.05, 0) is 37.8 Å². The first-order chi connectivity index (χ1) is 8.77. The van der Waals surface area contributed by atoms with Crippen LogP contribution in [0.15, 0.2) is 30.3 Å². The van der Waals surface area contributed by atoms with Crippen molar-refractivity contribution in [2.75, 3.05) is 20.1 Å². The highest BCUT2D eigenvalue weighted by molar-refractivity contribution is 5.15. The molecule has 1 aromatic carbocycles. The van der Waals surface area contributed by atoms with E-state index in [1.807, 2.05) is 0 Å². The molecule has 0 bridgehead atoms. The van der Waals surface area contributed by atoms with Crippen LogP contribution in [0, 0.1) is 5.41 Å². The van der Waals surface area contributed by atoms with Crippen LogP contribution in [-0.2, 0) is 6.42 Å². The van der Waals surface area contributed by atoms with Crippen molar-refractivity contribution in [1.82, 2.24) is 4.90 Å². The zero-order valence-electron chi connectivity index (χ0n) is 13.2. The van der Waals surface area contributed by atoms with Crippen molar-refractivity contribution >= 4 is 0 Å². The molecular weight excluding hydrogens is 232 g/mol. The monoisotopic (exact) mass is 262 g/mol. The van der Waals surface area contributed by atoms with Crippen molar-refractivity contribution in [3.05, 3.63) is 35.9 Å². The van der Waals surface area contributed by atoms with Gasteiger partial charge in [0.05, 0.1) is 0 Å². The summed E-state index contributed by atoms with van der Waals surface area (Å²) in [7, 11) is 2.20. The van der Waals surface area contributed by atoms with E-state index in [0.29, 0.717) is 12.0 Å². The number of hydrogen-bond acceptors (Lipinski definition) is 2. The molecule has 2 nitrogen and oxygen atoms in total. The van der Waals surface area contributed by atoms with Crippen LogP contribution in [-0.4, -0.2) is 30.6 Å². The molecule has 108 valence electrons. The predicted octanol–water partition coefficient (Wildman–Crippen LogP) is 3.31. The molecule has 0 aliphatic heterocycles. The third-order valence-corrected chi connectivity index (χ3v) is 3.87. The van der Waals surface area contributed by atoms with Gasteiger partial charge in [0.1, 0.15) is 0 Å². The summed E-state index contributed by atoms with van der Waals surface area (Å²) in [5, 5.41) is 0. The Morgan fingerprint density at radius 2 is 1.63 bits per heavy atom. The van der Waals surface area contributed by atoms with Crippen LogP contribution in [0.5, 0.6) is 0 Å². The average molecular weight is 262 g/mol. The summed E-state index contributed by atoms with van der Waals surface area (Å²) in [4.78, 5) is 2.43. The van der Waals surface area contributed by atoms with E-state index in [0.717, 1.165) is 19.4 Å². The largest absolute Gasteiger partial charge is 0.329 e. The number of hydrogen-bond donors (Lipinski definition) is 1. The number of benzene rings is 1. The number of nitrogens with two attached hydrogens (primary N) is 1. The van der Waals surface area contributed by atoms with E-state index in [2.05, 4.69) is 70.0 Å². The van der Waals surface area contributed by atoms with E-state index in [1.165, 1.54) is 5.56 Å². The molecule has 0 aliphatic carbocycles. The van der Waals surface area contributed by atoms with Crippen LogP contribution in [0.3, 0.4) is 0 Å². The van der Waals surface area contributed by atoms with Crippen LogP contribution in [0.25, 0.3) is 0 Å². The van der Waals surface area contributed by atoms with Gasteiger partial charge in [0.15, 0.2) is 0 Å². The lowest BCUT2D eigenvalue weighted by Gasteiger charge is -2.41. The molecule has 0 aliphatic rings. The molecule has 0 spiro atoms. The molecule has 0 heterocycles. The highest BCUT2D eigenvalue weighted by atomic mass is 15.2. The summed E-state index contributed by atoms with van der Waals surface area (Å²) < 4.78 is 0. The molecule has 0 saturated heterocycles. The fourth-order valence-electron chi connectivity index (χ4n) is 2.41. The Labute approximate surface area is 119 Å².